The molecule has 4 rings (SSSR count). The molecule has 0 spiro atoms. The van der Waals surface area contributed by atoms with Gasteiger partial charge in [0.1, 0.15) is 36.6 Å². The van der Waals surface area contributed by atoms with Crippen LogP contribution in [0.5, 0.6) is 0 Å². The Labute approximate surface area is 302 Å². The van der Waals surface area contributed by atoms with Gasteiger partial charge in [-0.3, -0.25) is 0 Å². The SMILES string of the molecule is C[C@H]1[C@H](O)[C@H](CN=[N+]=[N-])O[C@H](O[C@H]2[C@@H](O)[C@H](O[C@@H]3[C@@H](O)[C@H](N=[N+]=[N-])C[C@H](N=[N+]=[N-])[C@H]3O[C@H]3O[C@H](CN=[N+]=[N-])[C@@H](C)[C@H](F)[C@H]3N=[N+]=[N-])O[C@@H]2CO)[C@@H]1N=[N+]=[N-]. The third-order valence-corrected chi connectivity index (χ3v) is 9.73. The minimum atomic E-state index is -1.91. The highest BCUT2D eigenvalue weighted by molar-refractivity contribution is 5.04. The molecule has 28 nitrogen and oxygen atoms in total. The molecule has 0 bridgehead atoms. The van der Waals surface area contributed by atoms with Crippen LogP contribution in [0.15, 0.2) is 30.7 Å². The van der Waals surface area contributed by atoms with Crippen LogP contribution >= 0.6 is 0 Å². The van der Waals surface area contributed by atoms with Crippen LogP contribution < -0.4 is 0 Å². The smallest absolute Gasteiger partial charge is 0.187 e. The van der Waals surface area contributed by atoms with Gasteiger partial charge in [0.15, 0.2) is 18.9 Å². The lowest BCUT2D eigenvalue weighted by Crippen LogP contribution is -2.61. The standard InChI is InChI=1S/C25H37FN18O10/c1-7-11(4-33-39-27)49-24(16(14(7)26)38-44-32)52-20-10(36-42-30)3-9(35-41-29)18(47)22(20)54-25-19(48)21(13(6-45)51-25)53-23-15(37-43-31)8(2)17(46)12(50-23)5-34-40-28/h7-25,45-48H,3-6H2,1-2H3/t7-,8-,9-,10+,11-,12+,13-,14+,15-,16-,17+,18+,19-,20-,21-,22-,23-,24-,25+/m1/s1. The molecule has 19 atom stereocenters. The van der Waals surface area contributed by atoms with Gasteiger partial charge < -0.3 is 48.8 Å². The van der Waals surface area contributed by atoms with Crippen molar-refractivity contribution in [2.75, 3.05) is 19.7 Å². The third-order valence-electron chi connectivity index (χ3n) is 9.73. The highest BCUT2D eigenvalue weighted by Gasteiger charge is 2.55. The molecule has 3 heterocycles. The number of aliphatic hydroxyl groups excluding tert-OH is 4. The molecule has 294 valence electrons. The monoisotopic (exact) mass is 768 g/mol. The van der Waals surface area contributed by atoms with E-state index in [1.54, 1.807) is 0 Å². The maximum Gasteiger partial charge on any atom is 0.187 e. The minimum Gasteiger partial charge on any atom is -0.394 e. The van der Waals surface area contributed by atoms with Crippen molar-refractivity contribution in [2.45, 2.75) is 124 Å². The molecule has 0 aromatic rings. The number of hydrogen-bond donors (Lipinski definition) is 4. The van der Waals surface area contributed by atoms with Gasteiger partial charge in [0.25, 0.3) is 0 Å². The van der Waals surface area contributed by atoms with Gasteiger partial charge in [-0.2, -0.15) is 0 Å². The maximum atomic E-state index is 15.7. The Morgan fingerprint density at radius 3 is 1.72 bits per heavy atom. The van der Waals surface area contributed by atoms with Gasteiger partial charge in [0.05, 0.1) is 68.3 Å². The largest absolute Gasteiger partial charge is 0.394 e. The number of alkyl halides is 1. The summed E-state index contributed by atoms with van der Waals surface area (Å²) in [7, 11) is 0. The fourth-order valence-corrected chi connectivity index (χ4v) is 6.82. The summed E-state index contributed by atoms with van der Waals surface area (Å²) in [5.41, 5.74) is 54.6. The van der Waals surface area contributed by atoms with E-state index in [2.05, 4.69) is 60.2 Å². The predicted octanol–water partition coefficient (Wildman–Crippen LogP) is 2.74. The van der Waals surface area contributed by atoms with Gasteiger partial charge in [0.2, 0.25) is 0 Å². The zero-order chi connectivity index (χ0) is 39.5. The lowest BCUT2D eigenvalue weighted by atomic mass is 9.84. The second kappa shape index (κ2) is 19.6. The number of halogens is 1. The molecule has 3 saturated heterocycles. The molecule has 0 unspecified atom stereocenters. The Balaban J connectivity index is 1.67. The molecule has 0 radical (unpaired) electrons. The van der Waals surface area contributed by atoms with Gasteiger partial charge >= 0.3 is 0 Å². The van der Waals surface area contributed by atoms with Crippen molar-refractivity contribution in [1.29, 1.82) is 0 Å². The van der Waals surface area contributed by atoms with Gasteiger partial charge in [-0.1, -0.05) is 44.5 Å². The molecule has 0 aromatic heterocycles. The van der Waals surface area contributed by atoms with Crippen molar-refractivity contribution in [1.82, 2.24) is 0 Å². The summed E-state index contributed by atoms with van der Waals surface area (Å²) >= 11 is 0. The van der Waals surface area contributed by atoms with Gasteiger partial charge in [-0.25, -0.2) is 4.39 Å². The first-order chi connectivity index (χ1) is 26.0. The average molecular weight is 769 g/mol. The molecule has 29 heteroatoms. The van der Waals surface area contributed by atoms with Gasteiger partial charge in [-0.05, 0) is 45.5 Å². The van der Waals surface area contributed by atoms with E-state index in [1.807, 2.05) is 0 Å². The summed E-state index contributed by atoms with van der Waals surface area (Å²) in [6.07, 6.45) is -20.7. The van der Waals surface area contributed by atoms with Crippen molar-refractivity contribution < 1.29 is 53.2 Å². The molecule has 0 amide bonds. The molecule has 4 N–H and O–H groups in total. The quantitative estimate of drug-likeness (QED) is 0.107. The first-order valence-electron chi connectivity index (χ1n) is 16.4. The second-order valence-corrected chi connectivity index (χ2v) is 12.7. The van der Waals surface area contributed by atoms with Crippen LogP contribution in [0.25, 0.3) is 62.7 Å². The van der Waals surface area contributed by atoms with E-state index in [-0.39, 0.29) is 19.5 Å². The number of nitrogens with zero attached hydrogens (tertiary/aromatic N) is 18. The summed E-state index contributed by atoms with van der Waals surface area (Å²) in [5.74, 6) is -1.78. The zero-order valence-corrected chi connectivity index (χ0v) is 28.5. The fraction of sp³-hybridized carbons (Fsp3) is 1.00. The van der Waals surface area contributed by atoms with Crippen LogP contribution in [0, 0.1) is 11.8 Å². The van der Waals surface area contributed by atoms with E-state index in [9.17, 15) is 42.6 Å². The molecule has 4 aliphatic rings. The number of azide groups is 6. The van der Waals surface area contributed by atoms with E-state index < -0.39 is 123 Å². The first-order valence-corrected chi connectivity index (χ1v) is 16.4. The topological polar surface area (TPSA) is 429 Å². The van der Waals surface area contributed by atoms with E-state index >= 15 is 4.39 Å². The average Bonchev–Trinajstić information content (AvgIpc) is 3.45. The third kappa shape index (κ3) is 9.18. The van der Waals surface area contributed by atoms with Crippen LogP contribution in [-0.2, 0) is 28.4 Å². The van der Waals surface area contributed by atoms with Crippen LogP contribution in [0.3, 0.4) is 0 Å². The lowest BCUT2D eigenvalue weighted by Gasteiger charge is -2.47. The Kier molecular flexibility index (Phi) is 15.3. The van der Waals surface area contributed by atoms with Gasteiger partial charge in [0, 0.05) is 35.4 Å². The Morgan fingerprint density at radius 2 is 1.11 bits per heavy atom. The van der Waals surface area contributed by atoms with Crippen molar-refractivity contribution in [3.05, 3.63) is 62.7 Å². The normalized spacial score (nSPS) is 43.1. The van der Waals surface area contributed by atoms with Crippen LogP contribution in [-0.4, -0.2) is 144 Å². The van der Waals surface area contributed by atoms with E-state index in [1.165, 1.54) is 13.8 Å². The maximum absolute atomic E-state index is 15.7. The Morgan fingerprint density at radius 1 is 0.593 bits per heavy atom. The summed E-state index contributed by atoms with van der Waals surface area (Å²) in [6, 6.07) is -5.53. The van der Waals surface area contributed by atoms with Crippen LogP contribution in [0.4, 0.5) is 4.39 Å². The van der Waals surface area contributed by atoms with Crippen LogP contribution in [0.1, 0.15) is 20.3 Å². The van der Waals surface area contributed by atoms with Crippen molar-refractivity contribution in [3.63, 3.8) is 0 Å². The predicted molar refractivity (Wildman–Crippen MR) is 173 cm³/mol. The summed E-state index contributed by atoms with van der Waals surface area (Å²) < 4.78 is 51.1. The highest BCUT2D eigenvalue weighted by Crippen LogP contribution is 2.39. The second-order valence-electron chi connectivity index (χ2n) is 12.7. The number of rotatable bonds is 15. The van der Waals surface area contributed by atoms with Crippen molar-refractivity contribution in [2.24, 2.45) is 42.5 Å². The van der Waals surface area contributed by atoms with E-state index in [0.717, 1.165) is 0 Å². The fourth-order valence-electron chi connectivity index (χ4n) is 6.82. The molecule has 1 saturated carbocycles. The molecular weight excluding hydrogens is 731 g/mol. The number of aliphatic hydroxyl groups is 4. The Bertz CT molecular complexity index is 1600. The van der Waals surface area contributed by atoms with Crippen molar-refractivity contribution >= 4 is 0 Å². The number of hydrogen-bond acceptors (Lipinski definition) is 16. The first kappa shape index (κ1) is 42.1. The molecule has 0 aromatic carbocycles. The molecular formula is C25H37FN18O10. The lowest BCUT2D eigenvalue weighted by molar-refractivity contribution is -0.297. The zero-order valence-electron chi connectivity index (χ0n) is 28.5. The highest BCUT2D eigenvalue weighted by atomic mass is 19.1. The van der Waals surface area contributed by atoms with E-state index in [4.69, 9.17) is 39.5 Å². The molecule has 4 fully saturated rings. The van der Waals surface area contributed by atoms with Gasteiger partial charge in [-0.15, -0.1) is 0 Å². The molecule has 1 aliphatic carbocycles. The minimum absolute atomic E-state index is 0.337. The number of ether oxygens (including phenoxy) is 6. The molecule has 54 heavy (non-hydrogen) atoms. The summed E-state index contributed by atoms with van der Waals surface area (Å²) in [5, 5.41) is 65.0. The van der Waals surface area contributed by atoms with E-state index in [0.29, 0.717) is 0 Å². The summed E-state index contributed by atoms with van der Waals surface area (Å²) in [6.45, 7) is 1.44. The Hall–Kier alpha value is -4.61. The summed E-state index contributed by atoms with van der Waals surface area (Å²) in [4.78, 5) is 16.3. The van der Waals surface area contributed by atoms with Crippen LogP contribution in [0.2, 0.25) is 0 Å². The van der Waals surface area contributed by atoms with Crippen molar-refractivity contribution in [3.8, 4) is 0 Å². The molecule has 3 aliphatic heterocycles.